The Morgan fingerprint density at radius 3 is 2.00 bits per heavy atom. The fourth-order valence-electron chi connectivity index (χ4n) is 4.38. The minimum atomic E-state index is -1.33. The summed E-state index contributed by atoms with van der Waals surface area (Å²) in [5, 5.41) is 11.3. The number of hydrogen-bond acceptors (Lipinski definition) is 4. The van der Waals surface area contributed by atoms with Gasteiger partial charge in [0.1, 0.15) is 0 Å². The van der Waals surface area contributed by atoms with Crippen molar-refractivity contribution in [2.75, 3.05) is 0 Å². The summed E-state index contributed by atoms with van der Waals surface area (Å²) >= 11 is 0. The molecule has 1 heterocycles. The Labute approximate surface area is 112 Å². The molecule has 0 N–H and O–H groups in total. The Morgan fingerprint density at radius 1 is 1.16 bits per heavy atom. The van der Waals surface area contributed by atoms with Crippen molar-refractivity contribution >= 4 is 17.8 Å². The van der Waals surface area contributed by atoms with Crippen molar-refractivity contribution in [1.82, 2.24) is 4.90 Å². The van der Waals surface area contributed by atoms with Crippen LogP contribution in [-0.2, 0) is 14.4 Å². The number of carbonyl (C=O) groups excluding carboxylic acids is 3. The van der Waals surface area contributed by atoms with E-state index in [1.807, 2.05) is 0 Å². The smallest absolute Gasteiger partial charge is 0.234 e. The molecular weight excluding hydrogens is 246 g/mol. The van der Waals surface area contributed by atoms with Crippen LogP contribution in [0.25, 0.3) is 0 Å². The summed E-state index contributed by atoms with van der Waals surface area (Å²) in [5.74, 6) is -2.15. The monoisotopic (exact) mass is 264 g/mol. The molecule has 104 valence electrons. The summed E-state index contributed by atoms with van der Waals surface area (Å²) in [6.07, 6.45) is 2.95. The van der Waals surface area contributed by atoms with Crippen LogP contribution in [0, 0.1) is 29.6 Å². The van der Waals surface area contributed by atoms with Gasteiger partial charge in [0.15, 0.2) is 0 Å². The number of hydrogen-bond donors (Lipinski definition) is 0. The summed E-state index contributed by atoms with van der Waals surface area (Å²) in [4.78, 5) is 37.2. The van der Waals surface area contributed by atoms with Gasteiger partial charge < -0.3 is 9.90 Å². The average molecular weight is 264 g/mol. The van der Waals surface area contributed by atoms with Crippen molar-refractivity contribution in [1.29, 1.82) is 0 Å². The van der Waals surface area contributed by atoms with Crippen LogP contribution in [-0.4, -0.2) is 28.7 Å². The van der Waals surface area contributed by atoms with Gasteiger partial charge >= 0.3 is 0 Å². The minimum absolute atomic E-state index is 0.258. The number of amides is 2. The van der Waals surface area contributed by atoms with Gasteiger partial charge in [-0.1, -0.05) is 13.8 Å². The van der Waals surface area contributed by atoms with Crippen molar-refractivity contribution < 1.29 is 19.5 Å². The molecule has 2 saturated carbocycles. The highest BCUT2D eigenvalue weighted by Crippen LogP contribution is 2.56. The Kier molecular flexibility index (Phi) is 2.69. The lowest BCUT2D eigenvalue weighted by atomic mass is 9.81. The molecule has 2 amide bonds. The zero-order chi connectivity index (χ0) is 13.9. The van der Waals surface area contributed by atoms with Crippen LogP contribution in [0.2, 0.25) is 0 Å². The van der Waals surface area contributed by atoms with Gasteiger partial charge in [-0.25, -0.2) is 0 Å². The molecule has 5 nitrogen and oxygen atoms in total. The van der Waals surface area contributed by atoms with Crippen molar-refractivity contribution in [2.45, 2.75) is 39.2 Å². The van der Waals surface area contributed by atoms with Crippen LogP contribution >= 0.6 is 0 Å². The van der Waals surface area contributed by atoms with E-state index in [1.165, 1.54) is 0 Å². The van der Waals surface area contributed by atoms with Gasteiger partial charge in [0.05, 0.1) is 23.8 Å². The second kappa shape index (κ2) is 4.05. The first-order chi connectivity index (χ1) is 8.93. The molecule has 1 aliphatic heterocycles. The topological polar surface area (TPSA) is 77.5 Å². The number of nitrogens with zero attached hydrogens (tertiary/aromatic N) is 1. The van der Waals surface area contributed by atoms with E-state index in [0.29, 0.717) is 0 Å². The fourth-order valence-corrected chi connectivity index (χ4v) is 4.38. The van der Waals surface area contributed by atoms with Gasteiger partial charge in [-0.3, -0.25) is 14.5 Å². The fraction of sp³-hybridized carbons (Fsp3) is 0.786. The van der Waals surface area contributed by atoms with E-state index in [0.717, 1.165) is 24.2 Å². The first kappa shape index (κ1) is 12.6. The molecule has 0 aromatic rings. The standard InChI is InChI=1S/C14H19NO4/c1-6(2)11(14(18)19)15-12(16)9-7-3-4-8(5-7)10(9)13(15)17/h6-11H,3-5H2,1-2H3,(H,18,19)/p-1/t7-,8+,9+,10-,11-/m1/s1. The molecule has 5 atom stereocenters. The van der Waals surface area contributed by atoms with Crippen LogP contribution in [0.4, 0.5) is 0 Å². The molecule has 0 unspecified atom stereocenters. The van der Waals surface area contributed by atoms with Gasteiger partial charge in [-0.05, 0) is 37.0 Å². The summed E-state index contributed by atoms with van der Waals surface area (Å²) in [6.45, 7) is 3.40. The number of imide groups is 1. The van der Waals surface area contributed by atoms with Crippen LogP contribution in [0.3, 0.4) is 0 Å². The maximum atomic E-state index is 12.5. The van der Waals surface area contributed by atoms with E-state index >= 15 is 0 Å². The molecule has 0 radical (unpaired) electrons. The molecule has 0 spiro atoms. The number of likely N-dealkylation sites (tertiary alicyclic amines) is 1. The third kappa shape index (κ3) is 1.56. The summed E-state index contributed by atoms with van der Waals surface area (Å²) in [6, 6.07) is -1.12. The molecular formula is C14H18NO4-. The number of carboxylic acid groups (broad SMARTS) is 1. The van der Waals surface area contributed by atoms with E-state index in [2.05, 4.69) is 0 Å². The van der Waals surface area contributed by atoms with Crippen molar-refractivity contribution in [2.24, 2.45) is 29.6 Å². The molecule has 0 aromatic carbocycles. The lowest BCUT2D eigenvalue weighted by Crippen LogP contribution is -2.54. The molecule has 3 rings (SSSR count). The van der Waals surface area contributed by atoms with Crippen molar-refractivity contribution in [3.05, 3.63) is 0 Å². The Hall–Kier alpha value is -1.39. The van der Waals surface area contributed by atoms with E-state index in [-0.39, 0.29) is 41.4 Å². The number of fused-ring (bicyclic) bond motifs is 5. The average Bonchev–Trinajstić information content (AvgIpc) is 2.97. The van der Waals surface area contributed by atoms with Gasteiger partial charge in [-0.2, -0.15) is 0 Å². The molecule has 2 aliphatic carbocycles. The minimum Gasteiger partial charge on any atom is -0.548 e. The van der Waals surface area contributed by atoms with E-state index in [4.69, 9.17) is 0 Å². The molecule has 1 saturated heterocycles. The molecule has 3 aliphatic rings. The van der Waals surface area contributed by atoms with Gasteiger partial charge in [-0.15, -0.1) is 0 Å². The van der Waals surface area contributed by atoms with Gasteiger partial charge in [0, 0.05) is 0 Å². The second-order valence-corrected chi connectivity index (χ2v) is 6.44. The second-order valence-electron chi connectivity index (χ2n) is 6.44. The molecule has 5 heteroatoms. The predicted molar refractivity (Wildman–Crippen MR) is 63.3 cm³/mol. The lowest BCUT2D eigenvalue weighted by Gasteiger charge is -2.31. The van der Waals surface area contributed by atoms with Crippen molar-refractivity contribution in [3.8, 4) is 0 Å². The maximum absolute atomic E-state index is 12.5. The predicted octanol–water partition coefficient (Wildman–Crippen LogP) is -0.208. The van der Waals surface area contributed by atoms with E-state index in [9.17, 15) is 19.5 Å². The van der Waals surface area contributed by atoms with Crippen LogP contribution < -0.4 is 5.11 Å². The number of aliphatic carboxylic acids is 1. The Balaban J connectivity index is 1.94. The number of carbonyl (C=O) groups is 3. The van der Waals surface area contributed by atoms with E-state index in [1.54, 1.807) is 13.8 Å². The summed E-state index contributed by atoms with van der Waals surface area (Å²) < 4.78 is 0. The number of rotatable bonds is 3. The maximum Gasteiger partial charge on any atom is 0.234 e. The summed E-state index contributed by atoms with van der Waals surface area (Å²) in [5.41, 5.74) is 0. The van der Waals surface area contributed by atoms with Crippen LogP contribution in [0.15, 0.2) is 0 Å². The van der Waals surface area contributed by atoms with Crippen LogP contribution in [0.1, 0.15) is 33.1 Å². The highest BCUT2D eigenvalue weighted by atomic mass is 16.4. The number of carboxylic acids is 1. The Morgan fingerprint density at radius 2 is 1.63 bits per heavy atom. The highest BCUT2D eigenvalue weighted by molar-refractivity contribution is 6.08. The zero-order valence-corrected chi connectivity index (χ0v) is 11.2. The van der Waals surface area contributed by atoms with Gasteiger partial charge in [0.25, 0.3) is 0 Å². The third-order valence-corrected chi connectivity index (χ3v) is 5.11. The molecule has 2 bridgehead atoms. The van der Waals surface area contributed by atoms with Crippen molar-refractivity contribution in [3.63, 3.8) is 0 Å². The largest absolute Gasteiger partial charge is 0.548 e. The normalized spacial score (nSPS) is 38.2. The quantitative estimate of drug-likeness (QED) is 0.661. The molecule has 0 aromatic heterocycles. The molecule has 19 heavy (non-hydrogen) atoms. The SMILES string of the molecule is CC(C)[C@H](C(=O)[O-])N1C(=O)[C@@H]2[C@H]3CC[C@H](C3)[C@@H]2C1=O. The van der Waals surface area contributed by atoms with Crippen LogP contribution in [0.5, 0.6) is 0 Å². The highest BCUT2D eigenvalue weighted by Gasteiger charge is 2.62. The van der Waals surface area contributed by atoms with Gasteiger partial charge in [0.2, 0.25) is 11.8 Å². The molecule has 3 fully saturated rings. The van der Waals surface area contributed by atoms with E-state index < -0.39 is 12.0 Å². The lowest BCUT2D eigenvalue weighted by molar-refractivity contribution is -0.312. The first-order valence-corrected chi connectivity index (χ1v) is 7.01. The zero-order valence-electron chi connectivity index (χ0n) is 11.2. The summed E-state index contributed by atoms with van der Waals surface area (Å²) in [7, 11) is 0. The Bertz CT molecular complexity index is 430. The first-order valence-electron chi connectivity index (χ1n) is 7.01. The third-order valence-electron chi connectivity index (χ3n) is 5.11.